The van der Waals surface area contributed by atoms with Crippen molar-refractivity contribution in [2.45, 2.75) is 24.9 Å². The Hall–Kier alpha value is -0.510. The first-order valence-electron chi connectivity index (χ1n) is 7.24. The van der Waals surface area contributed by atoms with Gasteiger partial charge in [-0.1, -0.05) is 0 Å². The molecule has 0 unspecified atom stereocenters. The average Bonchev–Trinajstić information content (AvgIpc) is 2.82. The second-order valence-electron chi connectivity index (χ2n) is 5.53. The molecule has 28 heavy (non-hydrogen) atoms. The van der Waals surface area contributed by atoms with E-state index in [1.807, 2.05) is 4.98 Å². The number of hydrogen-bond donors (Lipinski definition) is 10. The Morgan fingerprint density at radius 3 is 2.39 bits per heavy atom. The van der Waals surface area contributed by atoms with Crippen molar-refractivity contribution in [1.29, 1.82) is 0 Å². The molecule has 16 nitrogen and oxygen atoms in total. The van der Waals surface area contributed by atoms with Crippen molar-refractivity contribution in [1.82, 2.24) is 14.4 Å². The van der Waals surface area contributed by atoms with Gasteiger partial charge in [0, 0.05) is 18.7 Å². The van der Waals surface area contributed by atoms with E-state index in [4.69, 9.17) is 19.4 Å². The van der Waals surface area contributed by atoms with Gasteiger partial charge in [0.1, 0.15) is 18.9 Å². The van der Waals surface area contributed by atoms with Crippen molar-refractivity contribution >= 4 is 24.4 Å². The monoisotopic (exact) mass is 470 g/mol. The number of rotatable bonds is 8. The topological polar surface area (TPSA) is 256 Å². The molecule has 0 amide bonds. The zero-order valence-electron chi connectivity index (χ0n) is 13.7. The molecule has 0 spiro atoms. The highest BCUT2D eigenvalue weighted by Crippen LogP contribution is 2.69. The fourth-order valence-electron chi connectivity index (χ4n) is 2.24. The van der Waals surface area contributed by atoms with Crippen LogP contribution in [0.5, 0.6) is 0 Å². The number of aliphatic hydroxyl groups excluding tert-OH is 1. The van der Waals surface area contributed by atoms with Crippen molar-refractivity contribution in [2.24, 2.45) is 0 Å². The fourth-order valence-corrected chi connectivity index (χ4v) is 5.88. The SMILES string of the molecule is O=c1ccn([C@H]2C[C@H](O)[C@@H](CO[P+](O)(O)N[P+](O)(O)O[P+](O)(O)O)O2)c(=O)[nH]1. The molecule has 1 aliphatic rings. The van der Waals surface area contributed by atoms with Gasteiger partial charge in [-0.25, -0.2) is 4.79 Å². The van der Waals surface area contributed by atoms with Gasteiger partial charge in [-0.15, -0.1) is 0 Å². The second-order valence-corrected chi connectivity index (χ2v) is 10.4. The number of aromatic amines is 1. The molecule has 2 heterocycles. The molecule has 10 N–H and O–H groups in total. The van der Waals surface area contributed by atoms with Crippen LogP contribution < -0.4 is 16.1 Å². The first-order valence-corrected chi connectivity index (χ1v) is 12.0. The summed E-state index contributed by atoms with van der Waals surface area (Å²) in [6, 6.07) is 1.06. The first-order chi connectivity index (χ1) is 12.7. The van der Waals surface area contributed by atoms with Gasteiger partial charge in [-0.3, -0.25) is 14.3 Å². The largest absolute Gasteiger partial charge is 0.616 e. The lowest BCUT2D eigenvalue weighted by atomic mass is 10.2. The van der Waals surface area contributed by atoms with Crippen LogP contribution in [0.4, 0.5) is 0 Å². The normalized spacial score (nSPS) is 23.9. The minimum Gasteiger partial charge on any atom is -0.390 e. The summed E-state index contributed by atoms with van der Waals surface area (Å²) in [5.41, 5.74) is -1.43. The van der Waals surface area contributed by atoms with Crippen molar-refractivity contribution in [2.75, 3.05) is 6.61 Å². The van der Waals surface area contributed by atoms with E-state index in [9.17, 15) is 34.3 Å². The predicted octanol–water partition coefficient (Wildman–Crippen LogP) is -3.21. The van der Waals surface area contributed by atoms with Gasteiger partial charge in [-0.2, -0.15) is 38.8 Å². The summed E-state index contributed by atoms with van der Waals surface area (Å²) in [4.78, 5) is 90.0. The van der Waals surface area contributed by atoms with E-state index in [0.29, 0.717) is 0 Å². The predicted molar refractivity (Wildman–Crippen MR) is 92.3 cm³/mol. The van der Waals surface area contributed by atoms with Crippen molar-refractivity contribution in [3.05, 3.63) is 33.1 Å². The van der Waals surface area contributed by atoms with E-state index >= 15 is 0 Å². The molecule has 0 bridgehead atoms. The third-order valence-corrected chi connectivity index (χ3v) is 7.65. The fraction of sp³-hybridized carbons (Fsp3) is 0.556. The standard InChI is InChI=1S/C9H18N3O13P3/c13-5-3-8(12-2-1-7(14)10-9(12)15)24-6(5)4-23-26(16,17)11-27(18,19)25-28(20,21)22/h1-2,5-6,8,11,13,16-22H,3-4H2/q+2/p+1/t5-,6+,8+/m0/s1. The van der Waals surface area contributed by atoms with Gasteiger partial charge < -0.3 is 9.84 Å². The van der Waals surface area contributed by atoms with E-state index in [1.54, 1.807) is 0 Å². The highest BCUT2D eigenvalue weighted by atomic mass is 31.3. The average molecular weight is 470 g/mol. The molecular weight excluding hydrogens is 451 g/mol. The van der Waals surface area contributed by atoms with E-state index < -0.39 is 60.6 Å². The quantitative estimate of drug-likeness (QED) is 0.168. The smallest absolute Gasteiger partial charge is 0.390 e. The molecule has 3 atom stereocenters. The number of hydrogen-bond acceptors (Lipinski definition) is 14. The Labute approximate surface area is 157 Å². The molecule has 1 fully saturated rings. The lowest BCUT2D eigenvalue weighted by Gasteiger charge is -2.17. The Morgan fingerprint density at radius 1 is 1.18 bits per heavy atom. The molecular formula is C9H19N3O13P3+3. The van der Waals surface area contributed by atoms with Crippen LogP contribution in [0.3, 0.4) is 0 Å². The molecule has 160 valence electrons. The number of aromatic nitrogens is 2. The Morgan fingerprint density at radius 2 is 1.82 bits per heavy atom. The molecule has 2 rings (SSSR count). The van der Waals surface area contributed by atoms with Gasteiger partial charge >= 0.3 is 30.0 Å². The van der Waals surface area contributed by atoms with E-state index in [0.717, 1.165) is 16.8 Å². The summed E-state index contributed by atoms with van der Waals surface area (Å²) in [6.07, 6.45) is -2.38. The summed E-state index contributed by atoms with van der Waals surface area (Å²) in [5.74, 6) is 0. The molecule has 0 saturated carbocycles. The summed E-state index contributed by atoms with van der Waals surface area (Å²) < 4.78 is 14.7. The minimum atomic E-state index is -5.12. The van der Waals surface area contributed by atoms with Gasteiger partial charge in [0.15, 0.2) is 0 Å². The van der Waals surface area contributed by atoms with Crippen LogP contribution in [0.25, 0.3) is 0 Å². The lowest BCUT2D eigenvalue weighted by Crippen LogP contribution is -2.32. The molecule has 1 aromatic rings. The minimum absolute atomic E-state index is 0.109. The van der Waals surface area contributed by atoms with Crippen LogP contribution in [0.1, 0.15) is 12.6 Å². The highest BCUT2D eigenvalue weighted by Gasteiger charge is 2.65. The maximum absolute atomic E-state index is 11.7. The summed E-state index contributed by atoms with van der Waals surface area (Å²) in [7, 11) is -14.9. The Balaban J connectivity index is 1.96. The summed E-state index contributed by atoms with van der Waals surface area (Å²) in [6.45, 7) is -0.707. The molecule has 0 radical (unpaired) electrons. The second kappa shape index (κ2) is 8.70. The van der Waals surface area contributed by atoms with E-state index in [-0.39, 0.29) is 6.42 Å². The van der Waals surface area contributed by atoms with Crippen LogP contribution in [-0.2, 0) is 13.6 Å². The third kappa shape index (κ3) is 7.07. The molecule has 1 aromatic heterocycles. The summed E-state index contributed by atoms with van der Waals surface area (Å²) >= 11 is 0. The van der Waals surface area contributed by atoms with Crippen LogP contribution >= 0.6 is 24.4 Å². The highest BCUT2D eigenvalue weighted by molar-refractivity contribution is 7.77. The lowest BCUT2D eigenvalue weighted by molar-refractivity contribution is -0.0443. The van der Waals surface area contributed by atoms with Gasteiger partial charge in [-0.05, 0) is 0 Å². The van der Waals surface area contributed by atoms with Crippen molar-refractivity contribution in [3.8, 4) is 0 Å². The number of ether oxygens (including phenoxy) is 1. The van der Waals surface area contributed by atoms with Gasteiger partial charge in [0.25, 0.3) is 5.56 Å². The number of H-pyrrole nitrogens is 1. The maximum Gasteiger partial charge on any atom is 0.616 e. The van der Waals surface area contributed by atoms with Crippen LogP contribution in [-0.4, -0.2) is 67.7 Å². The summed E-state index contributed by atoms with van der Waals surface area (Å²) in [5, 5.41) is 9.97. The first kappa shape index (κ1) is 23.8. The molecule has 0 aliphatic carbocycles. The zero-order chi connectivity index (χ0) is 21.3. The molecule has 1 saturated heterocycles. The number of nitrogens with zero attached hydrogens (tertiary/aromatic N) is 1. The molecule has 0 aromatic carbocycles. The van der Waals surface area contributed by atoms with Crippen LogP contribution in [0.15, 0.2) is 21.9 Å². The van der Waals surface area contributed by atoms with Crippen LogP contribution in [0.2, 0.25) is 0 Å². The Kier molecular flexibility index (Phi) is 7.38. The Bertz CT molecular complexity index is 792. The van der Waals surface area contributed by atoms with Crippen molar-refractivity contribution in [3.63, 3.8) is 0 Å². The number of nitrogens with one attached hydrogen (secondary N) is 2. The van der Waals surface area contributed by atoms with E-state index in [1.165, 1.54) is 4.86 Å². The van der Waals surface area contributed by atoms with Gasteiger partial charge in [0.05, 0.1) is 15.3 Å². The third-order valence-electron chi connectivity index (χ3n) is 3.27. The van der Waals surface area contributed by atoms with Crippen molar-refractivity contribution < 1.29 is 52.9 Å². The maximum atomic E-state index is 11.7. The molecule has 1 aliphatic heterocycles. The number of aliphatic hydroxyl groups is 1. The van der Waals surface area contributed by atoms with E-state index in [2.05, 4.69) is 8.83 Å². The van der Waals surface area contributed by atoms with Gasteiger partial charge in [0.2, 0.25) is 0 Å². The molecule has 19 heteroatoms. The van der Waals surface area contributed by atoms with Crippen LogP contribution in [0, 0.1) is 0 Å². The zero-order valence-corrected chi connectivity index (χ0v) is 16.4.